The van der Waals surface area contributed by atoms with E-state index < -0.39 is 10.0 Å². The van der Waals surface area contributed by atoms with Crippen LogP contribution in [0.25, 0.3) is 10.8 Å². The summed E-state index contributed by atoms with van der Waals surface area (Å²) in [5.74, 6) is -0.195. The van der Waals surface area contributed by atoms with Crippen molar-refractivity contribution in [3.8, 4) is 0 Å². The maximum atomic E-state index is 13.2. The molecule has 1 amide bonds. The number of amides is 1. The van der Waals surface area contributed by atoms with Crippen LogP contribution in [0, 0.1) is 5.41 Å². The molecule has 1 fully saturated rings. The number of nitrogens with two attached hydrogens (primary N) is 1. The summed E-state index contributed by atoms with van der Waals surface area (Å²) in [4.78, 5) is 11.7. The lowest BCUT2D eigenvalue weighted by Gasteiger charge is -2.23. The predicted octanol–water partition coefficient (Wildman–Crippen LogP) is 2.58. The third kappa shape index (κ3) is 3.71. The molecule has 142 valence electrons. The molecule has 2 aromatic carbocycles. The quantitative estimate of drug-likeness (QED) is 0.829. The highest BCUT2D eigenvalue weighted by Crippen LogP contribution is 2.36. The second kappa shape index (κ2) is 7.52. The van der Waals surface area contributed by atoms with Crippen molar-refractivity contribution in [3.63, 3.8) is 0 Å². The third-order valence-corrected chi connectivity index (χ3v) is 6.73. The van der Waals surface area contributed by atoms with Crippen LogP contribution in [-0.4, -0.2) is 38.3 Å². The van der Waals surface area contributed by atoms with Crippen molar-refractivity contribution in [2.45, 2.75) is 25.2 Å². The Hall–Kier alpha value is -1.67. The number of fused-ring (bicyclic) bond motifs is 1. The zero-order valence-corrected chi connectivity index (χ0v) is 16.5. The highest BCUT2D eigenvalue weighted by molar-refractivity contribution is 7.89. The standard InChI is InChI=1S/C18H23N3O3S.ClH/c1-13(22)20-16-7-8-17(15-6-4-3-5-14(15)16)25(23,24)21-10-9-18(2,11-19)12-21;/h3-8H,9-12,19H2,1-2H3,(H,20,22);1H. The molecule has 1 unspecified atom stereocenters. The molecule has 0 saturated carbocycles. The molecule has 0 bridgehead atoms. The predicted molar refractivity (Wildman–Crippen MR) is 106 cm³/mol. The largest absolute Gasteiger partial charge is 0.330 e. The summed E-state index contributed by atoms with van der Waals surface area (Å²) in [5, 5.41) is 4.07. The fourth-order valence-corrected chi connectivity index (χ4v) is 5.07. The molecule has 1 heterocycles. The number of rotatable bonds is 4. The topological polar surface area (TPSA) is 92.5 Å². The van der Waals surface area contributed by atoms with Gasteiger partial charge in [0.2, 0.25) is 15.9 Å². The summed E-state index contributed by atoms with van der Waals surface area (Å²) < 4.78 is 27.9. The summed E-state index contributed by atoms with van der Waals surface area (Å²) in [6.45, 7) is 4.80. The number of sulfonamides is 1. The normalized spacial score (nSPS) is 20.7. The number of anilines is 1. The van der Waals surface area contributed by atoms with E-state index in [2.05, 4.69) is 5.32 Å². The van der Waals surface area contributed by atoms with Gasteiger partial charge >= 0.3 is 0 Å². The van der Waals surface area contributed by atoms with Gasteiger partial charge in [-0.3, -0.25) is 4.79 Å². The van der Waals surface area contributed by atoms with Crippen LogP contribution in [0.1, 0.15) is 20.3 Å². The van der Waals surface area contributed by atoms with Crippen LogP contribution in [-0.2, 0) is 14.8 Å². The van der Waals surface area contributed by atoms with Gasteiger partial charge in [0.05, 0.1) is 4.90 Å². The van der Waals surface area contributed by atoms with Gasteiger partial charge in [-0.2, -0.15) is 4.31 Å². The SMILES string of the molecule is CC(=O)Nc1ccc(S(=O)(=O)N2CCC(C)(CN)C2)c2ccccc12.Cl. The zero-order valence-electron chi connectivity index (χ0n) is 14.9. The Morgan fingerprint density at radius 3 is 2.46 bits per heavy atom. The lowest BCUT2D eigenvalue weighted by atomic mass is 9.90. The number of hydrogen-bond acceptors (Lipinski definition) is 4. The van der Waals surface area contributed by atoms with Gasteiger partial charge < -0.3 is 11.1 Å². The van der Waals surface area contributed by atoms with Crippen LogP contribution >= 0.6 is 12.4 Å². The zero-order chi connectivity index (χ0) is 18.2. The number of nitrogens with zero attached hydrogens (tertiary/aromatic N) is 1. The van der Waals surface area contributed by atoms with Gasteiger partial charge in [-0.05, 0) is 30.5 Å². The van der Waals surface area contributed by atoms with Crippen LogP contribution < -0.4 is 11.1 Å². The second-order valence-corrected chi connectivity index (χ2v) is 8.85. The number of carbonyl (C=O) groups excluding carboxylic acids is 1. The van der Waals surface area contributed by atoms with Crippen molar-refractivity contribution >= 4 is 44.8 Å². The lowest BCUT2D eigenvalue weighted by Crippen LogP contribution is -2.34. The average Bonchev–Trinajstić information content (AvgIpc) is 2.98. The first-order valence-corrected chi connectivity index (χ1v) is 9.70. The third-order valence-electron chi connectivity index (χ3n) is 4.83. The summed E-state index contributed by atoms with van der Waals surface area (Å²) in [6.07, 6.45) is 0.755. The van der Waals surface area contributed by atoms with Gasteiger partial charge in [-0.1, -0.05) is 31.2 Å². The number of benzene rings is 2. The van der Waals surface area contributed by atoms with Crippen molar-refractivity contribution in [1.82, 2.24) is 4.31 Å². The Kier molecular flexibility index (Phi) is 5.97. The highest BCUT2D eigenvalue weighted by Gasteiger charge is 2.39. The Morgan fingerprint density at radius 2 is 1.88 bits per heavy atom. The van der Waals surface area contributed by atoms with Crippen molar-refractivity contribution in [3.05, 3.63) is 36.4 Å². The summed E-state index contributed by atoms with van der Waals surface area (Å²) in [5.41, 5.74) is 6.23. The minimum absolute atomic E-state index is 0. The van der Waals surface area contributed by atoms with E-state index >= 15 is 0 Å². The highest BCUT2D eigenvalue weighted by atomic mass is 35.5. The van der Waals surface area contributed by atoms with E-state index in [0.29, 0.717) is 36.1 Å². The van der Waals surface area contributed by atoms with Gasteiger partial charge in [0.1, 0.15) is 0 Å². The van der Waals surface area contributed by atoms with Crippen LogP contribution in [0.2, 0.25) is 0 Å². The molecule has 1 aliphatic rings. The minimum atomic E-state index is -3.63. The van der Waals surface area contributed by atoms with E-state index in [4.69, 9.17) is 5.73 Å². The molecule has 8 heteroatoms. The van der Waals surface area contributed by atoms with E-state index in [1.165, 1.54) is 11.2 Å². The van der Waals surface area contributed by atoms with Crippen molar-refractivity contribution in [2.75, 3.05) is 25.0 Å². The Balaban J connectivity index is 0.00000243. The van der Waals surface area contributed by atoms with E-state index in [1.807, 2.05) is 19.1 Å². The van der Waals surface area contributed by atoms with E-state index in [9.17, 15) is 13.2 Å². The molecule has 26 heavy (non-hydrogen) atoms. The molecular weight excluding hydrogens is 374 g/mol. The molecule has 0 radical (unpaired) electrons. The number of nitrogens with one attached hydrogen (secondary N) is 1. The molecule has 0 aliphatic carbocycles. The number of halogens is 1. The first-order chi connectivity index (χ1) is 11.8. The minimum Gasteiger partial charge on any atom is -0.330 e. The van der Waals surface area contributed by atoms with Gasteiger partial charge in [0.15, 0.2) is 0 Å². The molecule has 1 saturated heterocycles. The molecule has 6 nitrogen and oxygen atoms in total. The molecule has 1 aliphatic heterocycles. The van der Waals surface area contributed by atoms with Crippen LogP contribution in [0.15, 0.2) is 41.3 Å². The van der Waals surface area contributed by atoms with Crippen molar-refractivity contribution < 1.29 is 13.2 Å². The average molecular weight is 398 g/mol. The van der Waals surface area contributed by atoms with Gasteiger partial charge in [0.25, 0.3) is 0 Å². The summed E-state index contributed by atoms with van der Waals surface area (Å²) in [6, 6.07) is 10.4. The first-order valence-electron chi connectivity index (χ1n) is 8.26. The Bertz CT molecular complexity index is 932. The van der Waals surface area contributed by atoms with Gasteiger partial charge in [-0.15, -0.1) is 12.4 Å². The molecule has 2 aromatic rings. The number of carbonyl (C=O) groups is 1. The molecule has 0 spiro atoms. The van der Waals surface area contributed by atoms with Gasteiger partial charge in [0, 0.05) is 36.5 Å². The molecule has 3 rings (SSSR count). The van der Waals surface area contributed by atoms with Crippen molar-refractivity contribution in [2.24, 2.45) is 11.1 Å². The van der Waals surface area contributed by atoms with Crippen LogP contribution in [0.3, 0.4) is 0 Å². The van der Waals surface area contributed by atoms with Crippen LogP contribution in [0.4, 0.5) is 5.69 Å². The maximum absolute atomic E-state index is 13.2. The van der Waals surface area contributed by atoms with Crippen LogP contribution in [0.5, 0.6) is 0 Å². The Labute approximate surface area is 160 Å². The van der Waals surface area contributed by atoms with E-state index in [-0.39, 0.29) is 28.6 Å². The van der Waals surface area contributed by atoms with E-state index in [0.717, 1.165) is 6.42 Å². The monoisotopic (exact) mass is 397 g/mol. The molecule has 3 N–H and O–H groups in total. The summed E-state index contributed by atoms with van der Waals surface area (Å²) in [7, 11) is -3.63. The lowest BCUT2D eigenvalue weighted by molar-refractivity contribution is -0.114. The molecule has 0 aromatic heterocycles. The first kappa shape index (κ1) is 20.6. The smallest absolute Gasteiger partial charge is 0.243 e. The van der Waals surface area contributed by atoms with Gasteiger partial charge in [-0.25, -0.2) is 8.42 Å². The van der Waals surface area contributed by atoms with Crippen molar-refractivity contribution in [1.29, 1.82) is 0 Å². The maximum Gasteiger partial charge on any atom is 0.243 e. The van der Waals surface area contributed by atoms with E-state index in [1.54, 1.807) is 24.3 Å². The molecular formula is C18H24ClN3O3S. The fraction of sp³-hybridized carbons (Fsp3) is 0.389. The second-order valence-electron chi connectivity index (χ2n) is 6.94. The molecule has 1 atom stereocenters. The Morgan fingerprint density at radius 1 is 1.23 bits per heavy atom. The summed E-state index contributed by atoms with van der Waals surface area (Å²) >= 11 is 0. The fourth-order valence-electron chi connectivity index (χ4n) is 3.28. The number of hydrogen-bond donors (Lipinski definition) is 2.